The van der Waals surface area contributed by atoms with Crippen LogP contribution in [0, 0.1) is 6.92 Å². The Morgan fingerprint density at radius 3 is 2.27 bits per heavy atom. The lowest BCUT2D eigenvalue weighted by Gasteiger charge is -2.03. The minimum absolute atomic E-state index is 0.806. The van der Waals surface area contributed by atoms with Gasteiger partial charge in [-0.2, -0.15) is 0 Å². The van der Waals surface area contributed by atoms with Crippen LogP contribution in [0.4, 0.5) is 0 Å². The molecule has 0 radical (unpaired) electrons. The quantitative estimate of drug-likeness (QED) is 0.705. The Morgan fingerprint density at radius 2 is 1.60 bits per heavy atom. The van der Waals surface area contributed by atoms with Crippen LogP contribution in [0.5, 0.6) is 0 Å². The lowest BCUT2D eigenvalue weighted by atomic mass is 10.0. The van der Waals surface area contributed by atoms with Crippen LogP contribution >= 0.6 is 11.6 Å². The molecule has 76 valence electrons. The summed E-state index contributed by atoms with van der Waals surface area (Å²) in [5, 5.41) is 0.806. The molecule has 0 atom stereocenters. The van der Waals surface area contributed by atoms with Crippen molar-refractivity contribution in [3.05, 3.63) is 70.2 Å². The third-order valence-electron chi connectivity index (χ3n) is 2.38. The average molecular weight is 217 g/mol. The molecule has 0 spiro atoms. The maximum absolute atomic E-state index is 5.94. The molecule has 2 aromatic carbocycles. The van der Waals surface area contributed by atoms with Crippen molar-refractivity contribution >= 4 is 11.6 Å². The maximum Gasteiger partial charge on any atom is 0.0408 e. The standard InChI is InChI=1S/C14H13Cl/c1-11-4-2-5-12(8-11)9-13-6-3-7-14(15)10-13/h2-8,10H,9H2,1H3. The normalized spacial score (nSPS) is 10.3. The van der Waals surface area contributed by atoms with Crippen LogP contribution < -0.4 is 0 Å². The highest BCUT2D eigenvalue weighted by atomic mass is 35.5. The molecule has 0 heterocycles. The van der Waals surface area contributed by atoms with Crippen molar-refractivity contribution in [2.75, 3.05) is 0 Å². The molecule has 2 aromatic rings. The molecule has 0 bridgehead atoms. The third kappa shape index (κ3) is 2.84. The van der Waals surface area contributed by atoms with Crippen molar-refractivity contribution < 1.29 is 0 Å². The minimum atomic E-state index is 0.806. The Bertz CT molecular complexity index is 417. The lowest BCUT2D eigenvalue weighted by molar-refractivity contribution is 1.18. The first-order valence-electron chi connectivity index (χ1n) is 5.04. The molecule has 0 unspecified atom stereocenters. The molecule has 1 heteroatoms. The van der Waals surface area contributed by atoms with Gasteiger partial charge in [0.2, 0.25) is 0 Å². The summed E-state index contributed by atoms with van der Waals surface area (Å²) in [6.07, 6.45) is 0.947. The highest BCUT2D eigenvalue weighted by Gasteiger charge is 1.97. The first-order valence-corrected chi connectivity index (χ1v) is 5.42. The molecule has 2 rings (SSSR count). The fourth-order valence-corrected chi connectivity index (χ4v) is 1.92. The predicted molar refractivity (Wildman–Crippen MR) is 65.4 cm³/mol. The second kappa shape index (κ2) is 4.50. The second-order valence-electron chi connectivity index (χ2n) is 3.80. The summed E-state index contributed by atoms with van der Waals surface area (Å²) >= 11 is 5.94. The van der Waals surface area contributed by atoms with Crippen LogP contribution in [0.15, 0.2) is 48.5 Å². The van der Waals surface area contributed by atoms with Crippen molar-refractivity contribution in [3.63, 3.8) is 0 Å². The van der Waals surface area contributed by atoms with Crippen LogP contribution in [0.1, 0.15) is 16.7 Å². The molecule has 0 saturated carbocycles. The first kappa shape index (κ1) is 10.3. The highest BCUT2D eigenvalue weighted by Crippen LogP contribution is 2.15. The van der Waals surface area contributed by atoms with Crippen LogP contribution in [-0.2, 0) is 6.42 Å². The number of hydrogen-bond acceptors (Lipinski definition) is 0. The third-order valence-corrected chi connectivity index (χ3v) is 2.61. The van der Waals surface area contributed by atoms with Gasteiger partial charge in [-0.05, 0) is 36.6 Å². The Labute approximate surface area is 95.5 Å². The minimum Gasteiger partial charge on any atom is -0.0843 e. The van der Waals surface area contributed by atoms with Gasteiger partial charge in [0.1, 0.15) is 0 Å². The lowest BCUT2D eigenvalue weighted by Crippen LogP contribution is -1.88. The van der Waals surface area contributed by atoms with E-state index in [-0.39, 0.29) is 0 Å². The van der Waals surface area contributed by atoms with Gasteiger partial charge in [0.25, 0.3) is 0 Å². The maximum atomic E-state index is 5.94. The van der Waals surface area contributed by atoms with Crippen molar-refractivity contribution in [1.29, 1.82) is 0 Å². The van der Waals surface area contributed by atoms with Gasteiger partial charge < -0.3 is 0 Å². The summed E-state index contributed by atoms with van der Waals surface area (Å²) in [7, 11) is 0. The van der Waals surface area contributed by atoms with Gasteiger partial charge in [-0.3, -0.25) is 0 Å². The Balaban J connectivity index is 2.22. The second-order valence-corrected chi connectivity index (χ2v) is 4.23. The van der Waals surface area contributed by atoms with E-state index < -0.39 is 0 Å². The number of hydrogen-bond donors (Lipinski definition) is 0. The summed E-state index contributed by atoms with van der Waals surface area (Å²) in [5.41, 5.74) is 3.89. The SMILES string of the molecule is Cc1cccc(Cc2cccc(Cl)c2)c1. The van der Waals surface area contributed by atoms with Crippen LogP contribution in [0.2, 0.25) is 5.02 Å². The van der Waals surface area contributed by atoms with Crippen LogP contribution in [-0.4, -0.2) is 0 Å². The summed E-state index contributed by atoms with van der Waals surface area (Å²) in [6, 6.07) is 16.6. The van der Waals surface area contributed by atoms with Crippen LogP contribution in [0.3, 0.4) is 0 Å². The summed E-state index contributed by atoms with van der Waals surface area (Å²) in [6.45, 7) is 2.11. The van der Waals surface area contributed by atoms with Gasteiger partial charge in [0.05, 0.1) is 0 Å². The fourth-order valence-electron chi connectivity index (χ4n) is 1.70. The number of rotatable bonds is 2. The van der Waals surface area contributed by atoms with E-state index in [1.165, 1.54) is 16.7 Å². The van der Waals surface area contributed by atoms with E-state index in [0.29, 0.717) is 0 Å². The molecule has 0 aliphatic carbocycles. The number of benzene rings is 2. The molecular formula is C14H13Cl. The number of halogens is 1. The van der Waals surface area contributed by atoms with E-state index in [9.17, 15) is 0 Å². The van der Waals surface area contributed by atoms with Gasteiger partial charge in [-0.15, -0.1) is 0 Å². The molecule has 0 aliphatic heterocycles. The smallest absolute Gasteiger partial charge is 0.0408 e. The monoisotopic (exact) mass is 216 g/mol. The summed E-state index contributed by atoms with van der Waals surface area (Å²) < 4.78 is 0. The van der Waals surface area contributed by atoms with E-state index in [2.05, 4.69) is 37.3 Å². The highest BCUT2D eigenvalue weighted by molar-refractivity contribution is 6.30. The van der Waals surface area contributed by atoms with E-state index in [4.69, 9.17) is 11.6 Å². The molecular weight excluding hydrogens is 204 g/mol. The van der Waals surface area contributed by atoms with Crippen molar-refractivity contribution in [2.24, 2.45) is 0 Å². The number of aryl methyl sites for hydroxylation is 1. The fraction of sp³-hybridized carbons (Fsp3) is 0.143. The van der Waals surface area contributed by atoms with E-state index >= 15 is 0 Å². The van der Waals surface area contributed by atoms with Gasteiger partial charge >= 0.3 is 0 Å². The van der Waals surface area contributed by atoms with Crippen molar-refractivity contribution in [2.45, 2.75) is 13.3 Å². The molecule has 0 aliphatic rings. The van der Waals surface area contributed by atoms with E-state index in [1.54, 1.807) is 0 Å². The molecule has 0 aromatic heterocycles. The molecule has 0 fully saturated rings. The zero-order chi connectivity index (χ0) is 10.7. The Morgan fingerprint density at radius 1 is 0.933 bits per heavy atom. The summed E-state index contributed by atoms with van der Waals surface area (Å²) in [5.74, 6) is 0. The summed E-state index contributed by atoms with van der Waals surface area (Å²) in [4.78, 5) is 0. The van der Waals surface area contributed by atoms with E-state index in [1.807, 2.05) is 18.2 Å². The van der Waals surface area contributed by atoms with Gasteiger partial charge in [0.15, 0.2) is 0 Å². The van der Waals surface area contributed by atoms with Gasteiger partial charge in [0, 0.05) is 5.02 Å². The largest absolute Gasteiger partial charge is 0.0843 e. The molecule has 15 heavy (non-hydrogen) atoms. The van der Waals surface area contributed by atoms with Gasteiger partial charge in [-0.1, -0.05) is 53.6 Å². The topological polar surface area (TPSA) is 0 Å². The predicted octanol–water partition coefficient (Wildman–Crippen LogP) is 4.24. The van der Waals surface area contributed by atoms with Crippen LogP contribution in [0.25, 0.3) is 0 Å². The van der Waals surface area contributed by atoms with Gasteiger partial charge in [-0.25, -0.2) is 0 Å². The Kier molecular flexibility index (Phi) is 3.08. The zero-order valence-electron chi connectivity index (χ0n) is 8.70. The molecule has 0 N–H and O–H groups in total. The Hall–Kier alpha value is -1.27. The molecule has 0 saturated heterocycles. The molecule has 0 amide bonds. The first-order chi connectivity index (χ1) is 7.24. The van der Waals surface area contributed by atoms with E-state index in [0.717, 1.165) is 11.4 Å². The van der Waals surface area contributed by atoms with Crippen molar-refractivity contribution in [1.82, 2.24) is 0 Å². The zero-order valence-corrected chi connectivity index (χ0v) is 9.46. The van der Waals surface area contributed by atoms with Crippen molar-refractivity contribution in [3.8, 4) is 0 Å². The average Bonchev–Trinajstić information content (AvgIpc) is 2.17. The molecule has 0 nitrogen and oxygen atoms in total.